The Morgan fingerprint density at radius 3 is 1.80 bits per heavy atom. The number of aldehydes is 1. The molecule has 0 saturated carbocycles. The van der Waals surface area contributed by atoms with Crippen molar-refractivity contribution in [2.45, 2.75) is 157 Å². The molecule has 37 heteroatoms. The maximum atomic E-state index is 14.3. The topological polar surface area (TPSA) is 581 Å². The molecule has 0 aromatic heterocycles. The van der Waals surface area contributed by atoms with Gasteiger partial charge in [0.15, 0.2) is 18.4 Å². The molecule has 2 aromatic carbocycles. The SMILES string of the molecule is CC(C)CC(NC(=O)CNC(=O)C(C)CS)C(=O)NC(CCCNC(=N)N)C(=O)NC(CCC(N)=O)C(=O)NC(Cc1ccc(O)cc1)C(=O)NC(=O)C(CC(=O)O)NC(=O)C(CO)NC(C)C(=O)NC(C=O)NC(=O)c1ccc(CCS[C@@H]2O[C@H](CO)[C@H](O)[C@H](O)[C@H]2O)cc1. The summed E-state index contributed by atoms with van der Waals surface area (Å²) < 4.78 is 5.50. The fourth-order valence-corrected chi connectivity index (χ4v) is 10.4. The fourth-order valence-electron chi connectivity index (χ4n) is 9.09. The predicted octanol–water partition coefficient (Wildman–Crippen LogP) is -6.78. The monoisotopic (exact) mass is 1390 g/mol. The number of primary amides is 1. The smallest absolute Gasteiger partial charge is 0.305 e. The molecule has 532 valence electrons. The number of aryl methyl sites for hydroxylation is 1. The number of nitrogens with two attached hydrogens (primary N) is 2. The summed E-state index contributed by atoms with van der Waals surface area (Å²) >= 11 is 5.20. The molecule has 96 heavy (non-hydrogen) atoms. The quantitative estimate of drug-likeness (QED) is 0.00735. The zero-order chi connectivity index (χ0) is 71.9. The number of carboxylic acid groups (broad SMARTS) is 1. The number of aliphatic hydroxyl groups is 5. The zero-order valence-electron chi connectivity index (χ0n) is 53.1. The number of hydrogen-bond acceptors (Lipinski definition) is 24. The van der Waals surface area contributed by atoms with Gasteiger partial charge >= 0.3 is 5.97 Å². The first-order valence-electron chi connectivity index (χ1n) is 30.4. The first-order chi connectivity index (χ1) is 45.3. The van der Waals surface area contributed by atoms with Gasteiger partial charge in [-0.05, 0) is 86.1 Å². The number of aromatic hydroxyl groups is 1. The highest BCUT2D eigenvalue weighted by molar-refractivity contribution is 7.99. The van der Waals surface area contributed by atoms with Crippen LogP contribution in [0.4, 0.5) is 0 Å². The molecule has 1 fully saturated rings. The average Bonchev–Trinajstić information content (AvgIpc) is 0.853. The van der Waals surface area contributed by atoms with E-state index in [1.807, 2.05) is 5.32 Å². The summed E-state index contributed by atoms with van der Waals surface area (Å²) in [6, 6.07) is -0.651. The minimum Gasteiger partial charge on any atom is -0.508 e. The van der Waals surface area contributed by atoms with Gasteiger partial charge in [-0.2, -0.15) is 12.6 Å². The van der Waals surface area contributed by atoms with Crippen LogP contribution in [0.2, 0.25) is 0 Å². The zero-order valence-corrected chi connectivity index (χ0v) is 54.8. The Bertz CT molecular complexity index is 3010. The van der Waals surface area contributed by atoms with Crippen molar-refractivity contribution in [3.05, 3.63) is 65.2 Å². The van der Waals surface area contributed by atoms with Crippen LogP contribution in [-0.2, 0) is 75.1 Å². The van der Waals surface area contributed by atoms with Crippen molar-refractivity contribution in [2.75, 3.05) is 37.8 Å². The van der Waals surface area contributed by atoms with E-state index in [1.54, 1.807) is 32.9 Å². The van der Waals surface area contributed by atoms with Crippen molar-refractivity contribution in [1.29, 1.82) is 5.41 Å². The number of benzene rings is 2. The molecular formula is C59H88N14O21S2. The van der Waals surface area contributed by atoms with Gasteiger partial charge in [-0.1, -0.05) is 45.0 Å². The lowest BCUT2D eigenvalue weighted by atomic mass is 10.0. The van der Waals surface area contributed by atoms with E-state index in [2.05, 4.69) is 65.8 Å². The molecule has 2 aromatic rings. The second kappa shape index (κ2) is 41.4. The van der Waals surface area contributed by atoms with Crippen molar-refractivity contribution in [2.24, 2.45) is 23.3 Å². The van der Waals surface area contributed by atoms with E-state index in [4.69, 9.17) is 21.6 Å². The minimum atomic E-state index is -2.12. The van der Waals surface area contributed by atoms with Crippen LogP contribution in [0.25, 0.3) is 0 Å². The molecule has 1 aliphatic rings. The molecule has 14 atom stereocenters. The fraction of sp³-hybridized carbons (Fsp3) is 0.559. The summed E-state index contributed by atoms with van der Waals surface area (Å²) in [5.41, 5.74) is 10.9. The number of nitrogens with one attached hydrogen (secondary N) is 12. The Hall–Kier alpha value is -8.56. The molecule has 0 bridgehead atoms. The van der Waals surface area contributed by atoms with Gasteiger partial charge in [0, 0.05) is 36.6 Å². The Kier molecular flexibility index (Phi) is 35.2. The van der Waals surface area contributed by atoms with E-state index in [1.165, 1.54) is 43.3 Å². The van der Waals surface area contributed by atoms with Crippen LogP contribution in [0.5, 0.6) is 5.75 Å². The summed E-state index contributed by atoms with van der Waals surface area (Å²) in [4.78, 5) is 172. The number of aliphatic hydroxyl groups excluding tert-OH is 5. The molecule has 35 nitrogen and oxygen atoms in total. The van der Waals surface area contributed by atoms with Crippen molar-refractivity contribution in [3.63, 3.8) is 0 Å². The average molecular weight is 1390 g/mol. The highest BCUT2D eigenvalue weighted by Gasteiger charge is 2.44. The minimum absolute atomic E-state index is 0.0129. The number of ether oxygens (including phenoxy) is 1. The number of rotatable bonds is 41. The highest BCUT2D eigenvalue weighted by Crippen LogP contribution is 2.29. The van der Waals surface area contributed by atoms with Gasteiger partial charge in [0.25, 0.3) is 5.91 Å². The van der Waals surface area contributed by atoms with Gasteiger partial charge in [0.05, 0.1) is 32.2 Å². The summed E-state index contributed by atoms with van der Waals surface area (Å²) in [7, 11) is 0. The number of imide groups is 1. The molecule has 11 amide bonds. The maximum absolute atomic E-state index is 14.3. The highest BCUT2D eigenvalue weighted by atomic mass is 32.2. The number of thioether (sulfide) groups is 1. The predicted molar refractivity (Wildman–Crippen MR) is 345 cm³/mol. The van der Waals surface area contributed by atoms with Gasteiger partial charge < -0.3 is 99.8 Å². The largest absolute Gasteiger partial charge is 0.508 e. The normalized spacial score (nSPS) is 18.7. The van der Waals surface area contributed by atoms with Gasteiger partial charge in [-0.25, -0.2) is 0 Å². The van der Waals surface area contributed by atoms with E-state index in [0.717, 1.165) is 11.8 Å². The standard InChI is InChI=1S/C59H88N14O21S2/c1-28(2)20-37(66-44(79)23-64-49(85)29(3)27-95)54(90)67-35(6-5-18-63-59(61)62)52(88)68-36(15-16-42(60)78)53(89)69-38(21-32-9-13-34(77)14-10-32)55(91)73-56(92)39(22-45(80)81)70-57(93)40(24-74)65-30(4)50(86)71-43(26-76)72-51(87)33-11-7-31(8-12-33)17-19-96-58-48(84)47(83)46(82)41(25-75)94-58/h7-14,26,28-30,35-41,43,46-48,58,65,74-75,77,82-84,95H,5-6,15-25,27H2,1-4H3,(H2,60,78)(H,64,85)(H,66,79)(H,67,90)(H,68,88)(H,69,89)(H,70,93)(H,71,86)(H,72,87)(H,80,81)(H4,61,62,63)(H,73,91,92)/t29?,30?,35?,36?,37?,38?,39?,40?,41-,43?,46+,47+,48-,58+/m1/s1. The van der Waals surface area contributed by atoms with E-state index < -0.39 is 207 Å². The maximum Gasteiger partial charge on any atom is 0.305 e. The van der Waals surface area contributed by atoms with Gasteiger partial charge in [-0.3, -0.25) is 78.4 Å². The first-order valence-corrected chi connectivity index (χ1v) is 32.0. The summed E-state index contributed by atoms with van der Waals surface area (Å²) in [6.07, 6.45) is -9.52. The number of carboxylic acids is 1. The molecular weight excluding hydrogens is 1300 g/mol. The Labute approximate surface area is 561 Å². The second-order valence-corrected chi connectivity index (χ2v) is 24.4. The number of hydrogen-bond donors (Lipinski definition) is 22. The van der Waals surface area contributed by atoms with Gasteiger partial charge in [-0.15, -0.1) is 11.8 Å². The Balaban J connectivity index is 1.78. The third kappa shape index (κ3) is 28.4. The molecule has 0 radical (unpaired) electrons. The first kappa shape index (κ1) is 81.7. The van der Waals surface area contributed by atoms with E-state index in [9.17, 15) is 98.1 Å². The molecule has 1 aliphatic heterocycles. The van der Waals surface area contributed by atoms with E-state index in [0.29, 0.717) is 17.7 Å². The summed E-state index contributed by atoms with van der Waals surface area (Å²) in [5, 5.41) is 103. The number of phenols is 1. The van der Waals surface area contributed by atoms with Crippen LogP contribution < -0.4 is 70.0 Å². The van der Waals surface area contributed by atoms with Crippen LogP contribution in [0.3, 0.4) is 0 Å². The van der Waals surface area contributed by atoms with Gasteiger partial charge in [0.1, 0.15) is 71.9 Å². The molecule has 9 unspecified atom stereocenters. The Morgan fingerprint density at radius 2 is 1.24 bits per heavy atom. The van der Waals surface area contributed by atoms with Gasteiger partial charge in [0.2, 0.25) is 59.1 Å². The molecule has 1 heterocycles. The third-order valence-electron chi connectivity index (χ3n) is 14.5. The van der Waals surface area contributed by atoms with Crippen LogP contribution in [0.1, 0.15) is 87.7 Å². The lowest BCUT2D eigenvalue weighted by Crippen LogP contribution is -2.61. The van der Waals surface area contributed by atoms with Crippen molar-refractivity contribution >= 4 is 108 Å². The summed E-state index contributed by atoms with van der Waals surface area (Å²) in [6.45, 7) is 4.08. The lowest BCUT2D eigenvalue weighted by Gasteiger charge is -2.39. The molecule has 23 N–H and O–H groups in total. The van der Waals surface area contributed by atoms with Crippen LogP contribution in [-0.4, -0.2) is 235 Å². The number of guanidine groups is 1. The number of aliphatic carboxylic acids is 1. The number of carbonyl (C=O) groups is 13. The summed E-state index contributed by atoms with van der Waals surface area (Å²) in [5.74, 6) is -13.8. The van der Waals surface area contributed by atoms with Crippen molar-refractivity contribution in [1.82, 2.24) is 58.5 Å². The third-order valence-corrected chi connectivity index (χ3v) is 16.2. The van der Waals surface area contributed by atoms with Crippen molar-refractivity contribution < 1.29 is 103 Å². The Morgan fingerprint density at radius 1 is 0.667 bits per heavy atom. The van der Waals surface area contributed by atoms with Crippen LogP contribution in [0, 0.1) is 17.2 Å². The molecule has 0 aliphatic carbocycles. The number of carbonyl (C=O) groups excluding carboxylic acids is 12. The molecule has 3 rings (SSSR count). The molecule has 0 spiro atoms. The second-order valence-electron chi connectivity index (χ2n) is 22.8. The number of thiol groups is 1. The molecule has 1 saturated heterocycles. The van der Waals surface area contributed by atoms with E-state index >= 15 is 0 Å². The van der Waals surface area contributed by atoms with Crippen LogP contribution >= 0.6 is 24.4 Å². The lowest BCUT2D eigenvalue weighted by molar-refractivity contribution is -0.205. The van der Waals surface area contributed by atoms with E-state index in [-0.39, 0.29) is 60.6 Å². The van der Waals surface area contributed by atoms with Crippen LogP contribution in [0.15, 0.2) is 48.5 Å². The van der Waals surface area contributed by atoms with Crippen molar-refractivity contribution in [3.8, 4) is 5.75 Å². The number of phenolic OH excluding ortho intramolecular Hbond substituents is 1. The number of amides is 11.